The van der Waals surface area contributed by atoms with Gasteiger partial charge in [-0.25, -0.2) is 0 Å². The lowest BCUT2D eigenvalue weighted by Gasteiger charge is -2.06. The Morgan fingerprint density at radius 1 is 1.11 bits per heavy atom. The predicted octanol–water partition coefficient (Wildman–Crippen LogP) is 4.33. The minimum absolute atomic E-state index is 0.198. The molecule has 0 unspecified atom stereocenters. The van der Waals surface area contributed by atoms with Crippen LogP contribution >= 0.6 is 34.5 Å². The Kier molecular flexibility index (Phi) is 6.55. The van der Waals surface area contributed by atoms with Crippen molar-refractivity contribution in [3.8, 4) is 5.75 Å². The summed E-state index contributed by atoms with van der Waals surface area (Å²) in [5.41, 5.74) is 1.63. The molecule has 0 fully saturated rings. The standard InChI is InChI=1S/C19H18Cl2N2O3S/c1-25-10-9-23-17-14(20)7-8-15(21)18(17)27-19(23)22-16(24)11-12-3-5-13(26-2)6-4-12/h3-8H,9-11H2,1-2H3. The molecule has 3 rings (SSSR count). The topological polar surface area (TPSA) is 52.8 Å². The van der Waals surface area contributed by atoms with Gasteiger partial charge in [-0.2, -0.15) is 4.99 Å². The lowest BCUT2D eigenvalue weighted by Crippen LogP contribution is -2.20. The first kappa shape index (κ1) is 19.9. The Bertz CT molecular complexity index is 1030. The molecule has 0 atom stereocenters. The summed E-state index contributed by atoms with van der Waals surface area (Å²) in [5.74, 6) is 0.500. The number of nitrogens with zero attached hydrogens (tertiary/aromatic N) is 2. The average molecular weight is 425 g/mol. The second kappa shape index (κ2) is 8.89. The highest BCUT2D eigenvalue weighted by atomic mass is 35.5. The Morgan fingerprint density at radius 2 is 1.81 bits per heavy atom. The zero-order chi connectivity index (χ0) is 19.4. The minimum atomic E-state index is -0.245. The van der Waals surface area contributed by atoms with Gasteiger partial charge in [0.05, 0.1) is 40.4 Å². The van der Waals surface area contributed by atoms with E-state index < -0.39 is 0 Å². The van der Waals surface area contributed by atoms with E-state index in [-0.39, 0.29) is 12.3 Å². The van der Waals surface area contributed by atoms with E-state index in [4.69, 9.17) is 32.7 Å². The fraction of sp³-hybridized carbons (Fsp3) is 0.263. The van der Waals surface area contributed by atoms with E-state index in [9.17, 15) is 4.79 Å². The van der Waals surface area contributed by atoms with Gasteiger partial charge in [0.1, 0.15) is 5.75 Å². The summed E-state index contributed by atoms with van der Waals surface area (Å²) in [6.45, 7) is 0.986. The summed E-state index contributed by atoms with van der Waals surface area (Å²) < 4.78 is 13.0. The van der Waals surface area contributed by atoms with Crippen molar-refractivity contribution in [3.05, 3.63) is 56.8 Å². The van der Waals surface area contributed by atoms with Gasteiger partial charge in [-0.15, -0.1) is 0 Å². The van der Waals surface area contributed by atoms with Crippen LogP contribution in [-0.2, 0) is 22.5 Å². The van der Waals surface area contributed by atoms with Crippen LogP contribution in [0.15, 0.2) is 41.4 Å². The quantitative estimate of drug-likeness (QED) is 0.591. The van der Waals surface area contributed by atoms with Crippen LogP contribution < -0.4 is 9.54 Å². The molecule has 0 radical (unpaired) electrons. The molecule has 0 aliphatic carbocycles. The maximum absolute atomic E-state index is 12.5. The number of thiazole rings is 1. The highest BCUT2D eigenvalue weighted by Crippen LogP contribution is 2.31. The van der Waals surface area contributed by atoms with E-state index in [0.29, 0.717) is 28.0 Å². The highest BCUT2D eigenvalue weighted by Gasteiger charge is 2.14. The second-order valence-electron chi connectivity index (χ2n) is 5.77. The van der Waals surface area contributed by atoms with Crippen LogP contribution in [0.4, 0.5) is 0 Å². The van der Waals surface area contributed by atoms with Crippen molar-refractivity contribution < 1.29 is 14.3 Å². The zero-order valence-electron chi connectivity index (χ0n) is 14.9. The summed E-state index contributed by atoms with van der Waals surface area (Å²) in [5, 5.41) is 1.14. The maximum atomic E-state index is 12.5. The molecule has 3 aromatic rings. The van der Waals surface area contributed by atoms with Crippen LogP contribution in [0.1, 0.15) is 5.56 Å². The third kappa shape index (κ3) is 4.52. The summed E-state index contributed by atoms with van der Waals surface area (Å²) in [7, 11) is 3.22. The van der Waals surface area contributed by atoms with Gasteiger partial charge < -0.3 is 14.0 Å². The number of carbonyl (C=O) groups is 1. The molecule has 8 heteroatoms. The van der Waals surface area contributed by atoms with Crippen LogP contribution in [0.2, 0.25) is 10.0 Å². The number of carbonyl (C=O) groups excluding carboxylic acids is 1. The Labute approximate surface area is 170 Å². The Morgan fingerprint density at radius 3 is 2.48 bits per heavy atom. The van der Waals surface area contributed by atoms with Gasteiger partial charge in [-0.05, 0) is 29.8 Å². The first-order chi connectivity index (χ1) is 13.0. The number of rotatable bonds is 6. The first-order valence-electron chi connectivity index (χ1n) is 8.20. The van der Waals surface area contributed by atoms with Crippen molar-refractivity contribution in [1.29, 1.82) is 0 Å². The molecule has 0 saturated carbocycles. The van der Waals surface area contributed by atoms with E-state index >= 15 is 0 Å². The van der Waals surface area contributed by atoms with E-state index in [1.54, 1.807) is 26.4 Å². The average Bonchev–Trinajstić information content (AvgIpc) is 3.03. The van der Waals surface area contributed by atoms with Gasteiger partial charge in [0.2, 0.25) is 0 Å². The zero-order valence-corrected chi connectivity index (χ0v) is 17.2. The molecule has 142 valence electrons. The van der Waals surface area contributed by atoms with Crippen LogP contribution in [0, 0.1) is 0 Å². The summed E-state index contributed by atoms with van der Waals surface area (Å²) in [4.78, 5) is 17.4. The van der Waals surface area contributed by atoms with Gasteiger partial charge in [-0.3, -0.25) is 4.79 Å². The van der Waals surface area contributed by atoms with Crippen LogP contribution in [0.5, 0.6) is 5.75 Å². The number of halogens is 2. The van der Waals surface area contributed by atoms with Gasteiger partial charge in [0.15, 0.2) is 4.80 Å². The number of ether oxygens (including phenoxy) is 2. The third-order valence-electron chi connectivity index (χ3n) is 3.98. The van der Waals surface area contributed by atoms with Gasteiger partial charge in [-0.1, -0.05) is 46.7 Å². The largest absolute Gasteiger partial charge is 0.497 e. The normalized spacial score (nSPS) is 11.9. The molecule has 0 aliphatic heterocycles. The van der Waals surface area contributed by atoms with E-state index in [0.717, 1.165) is 21.5 Å². The fourth-order valence-corrected chi connectivity index (χ4v) is 4.34. The molecule has 0 bridgehead atoms. The number of fused-ring (bicyclic) bond motifs is 1. The van der Waals surface area contributed by atoms with E-state index in [1.165, 1.54) is 11.3 Å². The number of methoxy groups -OCH3 is 2. The number of amides is 1. The molecule has 0 N–H and O–H groups in total. The minimum Gasteiger partial charge on any atom is -0.497 e. The first-order valence-corrected chi connectivity index (χ1v) is 9.77. The highest BCUT2D eigenvalue weighted by molar-refractivity contribution is 7.17. The number of hydrogen-bond donors (Lipinski definition) is 0. The van der Waals surface area contributed by atoms with Crippen molar-refractivity contribution in [1.82, 2.24) is 4.57 Å². The van der Waals surface area contributed by atoms with E-state index in [1.807, 2.05) is 28.8 Å². The smallest absolute Gasteiger partial charge is 0.252 e. The number of benzene rings is 2. The third-order valence-corrected chi connectivity index (χ3v) is 5.83. The molecule has 0 aliphatic rings. The molecule has 0 saturated heterocycles. The maximum Gasteiger partial charge on any atom is 0.252 e. The van der Waals surface area contributed by atoms with Gasteiger partial charge in [0, 0.05) is 13.7 Å². The summed E-state index contributed by atoms with van der Waals surface area (Å²) in [6.07, 6.45) is 0.198. The lowest BCUT2D eigenvalue weighted by molar-refractivity contribution is -0.117. The monoisotopic (exact) mass is 424 g/mol. The molecule has 0 spiro atoms. The predicted molar refractivity (Wildman–Crippen MR) is 109 cm³/mol. The van der Waals surface area contributed by atoms with Gasteiger partial charge in [0.25, 0.3) is 5.91 Å². The fourth-order valence-electron chi connectivity index (χ4n) is 2.65. The van der Waals surface area contributed by atoms with E-state index in [2.05, 4.69) is 4.99 Å². The molecule has 1 heterocycles. The molecule has 2 aromatic carbocycles. The molecule has 1 aromatic heterocycles. The van der Waals surface area contributed by atoms with Crippen LogP contribution in [0.3, 0.4) is 0 Å². The van der Waals surface area contributed by atoms with Gasteiger partial charge >= 0.3 is 0 Å². The number of hydrogen-bond acceptors (Lipinski definition) is 4. The lowest BCUT2D eigenvalue weighted by atomic mass is 10.1. The summed E-state index contributed by atoms with van der Waals surface area (Å²) >= 11 is 14.0. The van der Waals surface area contributed by atoms with Crippen LogP contribution in [-0.4, -0.2) is 31.3 Å². The summed E-state index contributed by atoms with van der Waals surface area (Å²) in [6, 6.07) is 10.8. The van der Waals surface area contributed by atoms with Crippen molar-refractivity contribution in [2.24, 2.45) is 4.99 Å². The van der Waals surface area contributed by atoms with Crippen molar-refractivity contribution >= 4 is 50.7 Å². The Hall–Kier alpha value is -1.86. The molecule has 27 heavy (non-hydrogen) atoms. The Balaban J connectivity index is 1.99. The second-order valence-corrected chi connectivity index (χ2v) is 7.56. The molecular weight excluding hydrogens is 407 g/mol. The van der Waals surface area contributed by atoms with Crippen LogP contribution in [0.25, 0.3) is 10.2 Å². The SMILES string of the molecule is COCCn1c(=NC(=O)Cc2ccc(OC)cc2)sc2c(Cl)ccc(Cl)c21. The molecular formula is C19H18Cl2N2O3S. The van der Waals surface area contributed by atoms with Crippen molar-refractivity contribution in [2.45, 2.75) is 13.0 Å². The molecule has 1 amide bonds. The number of aromatic nitrogens is 1. The van der Waals surface area contributed by atoms with Crippen molar-refractivity contribution in [2.75, 3.05) is 20.8 Å². The molecule has 5 nitrogen and oxygen atoms in total. The van der Waals surface area contributed by atoms with Crippen molar-refractivity contribution in [3.63, 3.8) is 0 Å².